The van der Waals surface area contributed by atoms with Crippen molar-refractivity contribution in [3.63, 3.8) is 0 Å². The molecule has 1 rings (SSSR count). The average Bonchev–Trinajstić information content (AvgIpc) is 2.42. The third-order valence-electron chi connectivity index (χ3n) is 3.87. The molecule has 1 nitrogen and oxygen atoms in total. The SMILES string of the molecule is CC[SiH](O[Si](CC)(CC)CC)c1ccccc1. The van der Waals surface area contributed by atoms with E-state index in [1.807, 2.05) is 0 Å². The van der Waals surface area contributed by atoms with Crippen LogP contribution in [0.15, 0.2) is 30.3 Å². The van der Waals surface area contributed by atoms with Crippen molar-refractivity contribution in [3.8, 4) is 0 Å². The fraction of sp³-hybridized carbons (Fsp3) is 0.571. The number of hydrogen-bond acceptors (Lipinski definition) is 1. The largest absolute Gasteiger partial charge is 0.454 e. The quantitative estimate of drug-likeness (QED) is 0.684. The maximum absolute atomic E-state index is 6.70. The highest BCUT2D eigenvalue weighted by atomic mass is 28.4. The molecule has 0 N–H and O–H groups in total. The summed E-state index contributed by atoms with van der Waals surface area (Å²) in [7, 11) is -2.61. The van der Waals surface area contributed by atoms with Gasteiger partial charge in [-0.05, 0) is 29.4 Å². The van der Waals surface area contributed by atoms with E-state index >= 15 is 0 Å². The molecule has 0 aliphatic heterocycles. The topological polar surface area (TPSA) is 9.23 Å². The normalized spacial score (nSPS) is 13.6. The van der Waals surface area contributed by atoms with Gasteiger partial charge in [-0.25, -0.2) is 0 Å². The first-order valence-corrected chi connectivity index (χ1v) is 11.3. The molecule has 0 radical (unpaired) electrons. The lowest BCUT2D eigenvalue weighted by Gasteiger charge is -2.33. The minimum atomic E-state index is -1.42. The molecule has 0 saturated heterocycles. The number of benzene rings is 1. The highest BCUT2D eigenvalue weighted by Crippen LogP contribution is 2.23. The third-order valence-corrected chi connectivity index (χ3v) is 12.7. The lowest BCUT2D eigenvalue weighted by atomic mass is 10.4. The summed E-state index contributed by atoms with van der Waals surface area (Å²) in [5.74, 6) is 0. The Morgan fingerprint density at radius 2 is 1.47 bits per heavy atom. The van der Waals surface area contributed by atoms with Crippen LogP contribution in [0, 0.1) is 0 Å². The Bertz CT molecular complexity index is 301. The van der Waals surface area contributed by atoms with E-state index in [-0.39, 0.29) is 0 Å². The van der Waals surface area contributed by atoms with Crippen molar-refractivity contribution in [1.29, 1.82) is 0 Å². The second-order valence-electron chi connectivity index (χ2n) is 4.67. The second-order valence-corrected chi connectivity index (χ2v) is 12.6. The van der Waals surface area contributed by atoms with Crippen molar-refractivity contribution in [1.82, 2.24) is 0 Å². The van der Waals surface area contributed by atoms with Gasteiger partial charge in [0.05, 0.1) is 0 Å². The Morgan fingerprint density at radius 1 is 0.941 bits per heavy atom. The monoisotopic (exact) mass is 266 g/mol. The highest BCUT2D eigenvalue weighted by Gasteiger charge is 2.31. The van der Waals surface area contributed by atoms with Crippen molar-refractivity contribution in [2.24, 2.45) is 0 Å². The van der Waals surface area contributed by atoms with Gasteiger partial charge in [0, 0.05) is 0 Å². The van der Waals surface area contributed by atoms with Crippen LogP contribution in [-0.4, -0.2) is 17.4 Å². The molecule has 0 spiro atoms. The van der Waals surface area contributed by atoms with Crippen LogP contribution in [0.2, 0.25) is 24.2 Å². The van der Waals surface area contributed by atoms with Crippen LogP contribution in [0.1, 0.15) is 27.7 Å². The Kier molecular flexibility index (Phi) is 6.16. The first-order valence-electron chi connectivity index (χ1n) is 6.94. The summed E-state index contributed by atoms with van der Waals surface area (Å²) in [6, 6.07) is 15.9. The molecule has 1 aromatic rings. The molecule has 96 valence electrons. The molecule has 1 unspecified atom stereocenters. The van der Waals surface area contributed by atoms with Gasteiger partial charge in [-0.1, -0.05) is 58.0 Å². The van der Waals surface area contributed by atoms with Crippen LogP contribution in [0.5, 0.6) is 0 Å². The first kappa shape index (κ1) is 14.7. The number of rotatable bonds is 7. The molecular weight excluding hydrogens is 240 g/mol. The summed E-state index contributed by atoms with van der Waals surface area (Å²) in [6.07, 6.45) is 0. The predicted octanol–water partition coefficient (Wildman–Crippen LogP) is 3.66. The molecule has 0 aromatic heterocycles. The summed E-state index contributed by atoms with van der Waals surface area (Å²) in [5.41, 5.74) is 0. The van der Waals surface area contributed by atoms with E-state index < -0.39 is 17.4 Å². The lowest BCUT2D eigenvalue weighted by molar-refractivity contribution is 0.553. The standard InChI is InChI=1S/C14H26OSi2/c1-5-16(14-12-10-9-11-13-14)15-17(6-2,7-3)8-4/h9-13,16H,5-8H2,1-4H3. The summed E-state index contributed by atoms with van der Waals surface area (Å²) in [6.45, 7) is 9.21. The molecule has 1 atom stereocenters. The van der Waals surface area contributed by atoms with E-state index in [4.69, 9.17) is 4.12 Å². The lowest BCUT2D eigenvalue weighted by Crippen LogP contribution is -2.46. The maximum atomic E-state index is 6.70. The van der Waals surface area contributed by atoms with E-state index in [9.17, 15) is 0 Å². The molecule has 0 heterocycles. The Labute approximate surface area is 109 Å². The Balaban J connectivity index is 2.82. The van der Waals surface area contributed by atoms with Gasteiger partial charge in [-0.15, -0.1) is 0 Å². The van der Waals surface area contributed by atoms with Crippen LogP contribution in [0.4, 0.5) is 0 Å². The zero-order valence-corrected chi connectivity index (χ0v) is 13.9. The van der Waals surface area contributed by atoms with Gasteiger partial charge in [0.1, 0.15) is 0 Å². The van der Waals surface area contributed by atoms with Crippen molar-refractivity contribution in [2.75, 3.05) is 0 Å². The van der Waals surface area contributed by atoms with Crippen LogP contribution in [-0.2, 0) is 4.12 Å². The summed E-state index contributed by atoms with van der Waals surface area (Å²) in [5, 5.41) is 1.47. The van der Waals surface area contributed by atoms with Crippen LogP contribution in [0.25, 0.3) is 0 Å². The molecule has 0 aliphatic carbocycles. The first-order chi connectivity index (χ1) is 8.21. The molecule has 0 saturated carbocycles. The van der Waals surface area contributed by atoms with Crippen LogP contribution in [0.3, 0.4) is 0 Å². The minimum Gasteiger partial charge on any atom is -0.454 e. The summed E-state index contributed by atoms with van der Waals surface area (Å²) >= 11 is 0. The van der Waals surface area contributed by atoms with Crippen molar-refractivity contribution in [3.05, 3.63) is 30.3 Å². The zero-order chi connectivity index (χ0) is 12.7. The van der Waals surface area contributed by atoms with Crippen LogP contribution >= 0.6 is 0 Å². The molecule has 0 bridgehead atoms. The zero-order valence-electron chi connectivity index (χ0n) is 11.7. The minimum absolute atomic E-state index is 1.19. The summed E-state index contributed by atoms with van der Waals surface area (Å²) in [4.78, 5) is 0. The molecule has 0 aliphatic rings. The van der Waals surface area contributed by atoms with E-state index in [0.717, 1.165) is 0 Å². The van der Waals surface area contributed by atoms with E-state index in [1.165, 1.54) is 29.4 Å². The van der Waals surface area contributed by atoms with E-state index in [1.54, 1.807) is 0 Å². The molecule has 0 fully saturated rings. The van der Waals surface area contributed by atoms with Crippen molar-refractivity contribution >= 4 is 22.5 Å². The van der Waals surface area contributed by atoms with Gasteiger partial charge in [0.15, 0.2) is 17.4 Å². The smallest absolute Gasteiger partial charge is 0.195 e. The third kappa shape index (κ3) is 3.80. The maximum Gasteiger partial charge on any atom is 0.195 e. The van der Waals surface area contributed by atoms with Gasteiger partial charge in [-0.2, -0.15) is 0 Å². The van der Waals surface area contributed by atoms with E-state index in [0.29, 0.717) is 0 Å². The highest BCUT2D eigenvalue weighted by molar-refractivity contribution is 6.83. The van der Waals surface area contributed by atoms with Crippen molar-refractivity contribution in [2.45, 2.75) is 51.9 Å². The molecular formula is C14H26OSi2. The molecule has 3 heteroatoms. The Morgan fingerprint density at radius 3 is 1.88 bits per heavy atom. The van der Waals surface area contributed by atoms with E-state index in [2.05, 4.69) is 58.0 Å². The number of hydrogen-bond donors (Lipinski definition) is 0. The Hall–Kier alpha value is -0.386. The van der Waals surface area contributed by atoms with Crippen molar-refractivity contribution < 1.29 is 4.12 Å². The molecule has 0 amide bonds. The van der Waals surface area contributed by atoms with Gasteiger partial charge >= 0.3 is 0 Å². The summed E-state index contributed by atoms with van der Waals surface area (Å²) < 4.78 is 6.70. The fourth-order valence-electron chi connectivity index (χ4n) is 2.36. The van der Waals surface area contributed by atoms with Gasteiger partial charge < -0.3 is 4.12 Å². The van der Waals surface area contributed by atoms with Gasteiger partial charge in [-0.3, -0.25) is 0 Å². The predicted molar refractivity (Wildman–Crippen MR) is 82.0 cm³/mol. The van der Waals surface area contributed by atoms with Gasteiger partial charge in [0.2, 0.25) is 0 Å². The molecule has 1 aromatic carbocycles. The van der Waals surface area contributed by atoms with Gasteiger partial charge in [0.25, 0.3) is 0 Å². The molecule has 17 heavy (non-hydrogen) atoms. The average molecular weight is 267 g/mol. The van der Waals surface area contributed by atoms with Crippen LogP contribution < -0.4 is 5.19 Å². The fourth-order valence-corrected chi connectivity index (χ4v) is 10.6. The second kappa shape index (κ2) is 7.14.